The number of aliphatic imine (C=N–C) groups is 1. The van der Waals surface area contributed by atoms with Gasteiger partial charge in [-0.05, 0) is 98.0 Å². The first-order valence-corrected chi connectivity index (χ1v) is 31.9. The molecule has 1 unspecified atom stereocenters. The maximum absolute atomic E-state index is 13.9. The van der Waals surface area contributed by atoms with Crippen molar-refractivity contribution in [2.75, 3.05) is 150 Å². The number of nitrogens with one attached hydrogen (secondary N) is 4. The van der Waals surface area contributed by atoms with Gasteiger partial charge in [0.05, 0.1) is 104 Å². The number of methoxy groups -OCH3 is 1. The van der Waals surface area contributed by atoms with Crippen LogP contribution in [-0.2, 0) is 67.0 Å². The minimum absolute atomic E-state index is 0.00804. The summed E-state index contributed by atoms with van der Waals surface area (Å²) in [6.45, 7) is 9.70. The fourth-order valence-electron chi connectivity index (χ4n) is 9.17. The van der Waals surface area contributed by atoms with Crippen molar-refractivity contribution in [3.05, 3.63) is 131 Å². The number of aryl methyl sites for hydroxylation is 1. The van der Waals surface area contributed by atoms with Crippen LogP contribution in [0.4, 0.5) is 10.8 Å². The van der Waals surface area contributed by atoms with Gasteiger partial charge in [0.1, 0.15) is 29.9 Å². The Bertz CT molecular complexity index is 2930. The van der Waals surface area contributed by atoms with Gasteiger partial charge in [0, 0.05) is 88.9 Å². The Labute approximate surface area is 538 Å². The molecule has 2 heterocycles. The Balaban J connectivity index is 0.000000663. The lowest BCUT2D eigenvalue weighted by atomic mass is 10.0. The van der Waals surface area contributed by atoms with Gasteiger partial charge in [-0.3, -0.25) is 29.0 Å². The normalized spacial score (nSPS) is 13.6. The molecule has 1 saturated carbocycles. The molecule has 0 radical (unpaired) electrons. The third-order valence-corrected chi connectivity index (χ3v) is 15.3. The highest BCUT2D eigenvalue weighted by atomic mass is 32.1. The Morgan fingerprint density at radius 1 is 0.714 bits per heavy atom. The lowest BCUT2D eigenvalue weighted by Gasteiger charge is -2.32. The first-order valence-electron chi connectivity index (χ1n) is 31.0. The number of amides is 5. The zero-order chi connectivity index (χ0) is 64.5. The Morgan fingerprint density at radius 2 is 1.34 bits per heavy atom. The standard InChI is InChI=1S/C55H73N7O12.C11H18N4OS/c1-67-49-20-12-45(13-21-49)54(55(66)59-40-44-6-3-2-4-7-44)62(48-16-17-48)53(65)24-11-43-9-18-50(19-10-43)73-28-5-8-52(64)58-27-31-70-33-35-72-37-36-71-34-32-68-29-25-47(61-56)41-57-26-30-69-38-39-74-51-22-14-46(15-23-51)60-42-63;1-12-11-13-9(8-17-11)7-10(16)15-5-3-14(2)4-6-15/h2-4,6-7,9-10,12-15,18-23,41-42,48,54H,5,8,11,16-17,24-40,56H2,1H3,(H,58,64)(H,59,66)(H,60,63);8H,3-7H2,1-2H3,(H,12,13)/b57-41?,61-47-;. The molecular formula is C66H91N11O13S. The second-order valence-corrected chi connectivity index (χ2v) is 22.1. The average molecular weight is 1280 g/mol. The lowest BCUT2D eigenvalue weighted by molar-refractivity contribution is -0.141. The molecule has 494 valence electrons. The number of likely N-dealkylation sites (N-methyl/N-ethyl adjacent to an activating group) is 1. The van der Waals surface area contributed by atoms with Gasteiger partial charge in [0.15, 0.2) is 5.13 Å². The minimum Gasteiger partial charge on any atom is -0.497 e. The molecule has 24 nitrogen and oxygen atoms in total. The molecule has 25 heteroatoms. The first-order chi connectivity index (χ1) is 44.5. The number of hydrazone groups is 1. The van der Waals surface area contributed by atoms with Crippen molar-refractivity contribution in [2.24, 2.45) is 15.9 Å². The number of anilines is 2. The number of nitrogens with zero attached hydrogens (tertiary/aromatic N) is 6. The summed E-state index contributed by atoms with van der Waals surface area (Å²) in [5.74, 6) is 7.35. The summed E-state index contributed by atoms with van der Waals surface area (Å²) < 4.78 is 44.6. The topological polar surface area (TPSA) is 281 Å². The van der Waals surface area contributed by atoms with Crippen LogP contribution in [0.25, 0.3) is 0 Å². The fraction of sp³-hybridized carbons (Fsp3) is 0.485. The van der Waals surface area contributed by atoms with Crippen molar-refractivity contribution in [1.29, 1.82) is 0 Å². The summed E-state index contributed by atoms with van der Waals surface area (Å²) in [5.41, 5.74) is 4.87. The van der Waals surface area contributed by atoms with E-state index in [0.29, 0.717) is 166 Å². The van der Waals surface area contributed by atoms with E-state index in [1.165, 1.54) is 11.3 Å². The van der Waals surface area contributed by atoms with E-state index < -0.39 is 6.04 Å². The van der Waals surface area contributed by atoms with Gasteiger partial charge in [-0.15, -0.1) is 11.3 Å². The van der Waals surface area contributed by atoms with E-state index in [-0.39, 0.29) is 36.1 Å². The van der Waals surface area contributed by atoms with Crippen LogP contribution in [-0.4, -0.2) is 207 Å². The van der Waals surface area contributed by atoms with Gasteiger partial charge < -0.3 is 79.7 Å². The number of aromatic nitrogens is 1. The van der Waals surface area contributed by atoms with Crippen LogP contribution in [0.15, 0.2) is 119 Å². The summed E-state index contributed by atoms with van der Waals surface area (Å²) in [6, 6.07) is 31.0. The molecular weight excluding hydrogens is 1190 g/mol. The molecule has 1 atom stereocenters. The van der Waals surface area contributed by atoms with Crippen molar-refractivity contribution in [3.63, 3.8) is 0 Å². The van der Waals surface area contributed by atoms with E-state index in [1.807, 2.05) is 96.2 Å². The summed E-state index contributed by atoms with van der Waals surface area (Å²) in [4.78, 5) is 77.1. The average Bonchev–Trinajstić information content (AvgIpc) is 1.86. The molecule has 7 rings (SSSR count). The highest BCUT2D eigenvalue weighted by Gasteiger charge is 2.41. The zero-order valence-electron chi connectivity index (χ0n) is 52.8. The zero-order valence-corrected chi connectivity index (χ0v) is 53.6. The second kappa shape index (κ2) is 42.9. The monoisotopic (exact) mass is 1280 g/mol. The van der Waals surface area contributed by atoms with Gasteiger partial charge in [0.2, 0.25) is 30.0 Å². The molecule has 1 saturated heterocycles. The molecule has 5 aromatic rings. The maximum atomic E-state index is 13.9. The number of piperazine rings is 1. The van der Waals surface area contributed by atoms with Crippen molar-refractivity contribution in [2.45, 2.75) is 70.0 Å². The Morgan fingerprint density at radius 3 is 1.98 bits per heavy atom. The molecule has 2 aliphatic rings. The maximum Gasteiger partial charge on any atom is 0.247 e. The minimum atomic E-state index is -0.763. The third kappa shape index (κ3) is 28.8. The second-order valence-electron chi connectivity index (χ2n) is 21.2. The fourth-order valence-corrected chi connectivity index (χ4v) is 9.85. The van der Waals surface area contributed by atoms with Gasteiger partial charge in [-0.25, -0.2) is 4.98 Å². The van der Waals surface area contributed by atoms with Gasteiger partial charge in [0.25, 0.3) is 0 Å². The highest BCUT2D eigenvalue weighted by Crippen LogP contribution is 2.36. The van der Waals surface area contributed by atoms with Crippen molar-refractivity contribution < 1.29 is 61.9 Å². The van der Waals surface area contributed by atoms with Crippen molar-refractivity contribution in [1.82, 2.24) is 30.3 Å². The van der Waals surface area contributed by atoms with E-state index in [1.54, 1.807) is 42.5 Å². The third-order valence-electron chi connectivity index (χ3n) is 14.4. The van der Waals surface area contributed by atoms with E-state index in [9.17, 15) is 24.0 Å². The van der Waals surface area contributed by atoms with Crippen LogP contribution in [0, 0.1) is 0 Å². The largest absolute Gasteiger partial charge is 0.497 e. The number of ether oxygens (including phenoxy) is 8. The smallest absolute Gasteiger partial charge is 0.247 e. The molecule has 6 N–H and O–H groups in total. The number of benzene rings is 4. The highest BCUT2D eigenvalue weighted by molar-refractivity contribution is 7.13. The van der Waals surface area contributed by atoms with Crippen LogP contribution in [0.1, 0.15) is 67.0 Å². The lowest BCUT2D eigenvalue weighted by Crippen LogP contribution is -2.47. The van der Waals surface area contributed by atoms with Crippen LogP contribution in [0.2, 0.25) is 0 Å². The number of nitrogens with two attached hydrogens (primary N) is 1. The molecule has 0 spiro atoms. The predicted octanol–water partition coefficient (Wildman–Crippen LogP) is 5.96. The quantitative estimate of drug-likeness (QED) is 0.00990. The molecule has 4 aromatic carbocycles. The number of thiazole rings is 1. The number of carbonyl (C=O) groups excluding carboxylic acids is 5. The summed E-state index contributed by atoms with van der Waals surface area (Å²) in [7, 11) is 5.52. The van der Waals surface area contributed by atoms with Crippen LogP contribution >= 0.6 is 11.3 Å². The van der Waals surface area contributed by atoms with E-state index in [4.69, 9.17) is 43.7 Å². The summed E-state index contributed by atoms with van der Waals surface area (Å²) in [6.07, 6.45) is 6.53. The predicted molar refractivity (Wildman–Crippen MR) is 351 cm³/mol. The van der Waals surface area contributed by atoms with Crippen LogP contribution in [0.3, 0.4) is 0 Å². The number of hydrogen-bond donors (Lipinski definition) is 5. The molecule has 91 heavy (non-hydrogen) atoms. The first kappa shape index (κ1) is 72.0. The molecule has 1 aliphatic heterocycles. The summed E-state index contributed by atoms with van der Waals surface area (Å²) in [5, 5.41) is 18.0. The Hall–Kier alpha value is -8.04. The SMILES string of the molecule is CNc1nc(CC(=O)N2CCN(C)CC2)cs1.COc1ccc(C(C(=O)NCc2ccccc2)N(C(=O)CCc2ccc(OCCCC(=O)NCCOCCOCCOCCOCC/C(C=NCCOCCOc3ccc(NC=O)cc3)=N/N)cc2)C2CC2)cc1. The summed E-state index contributed by atoms with van der Waals surface area (Å²) >= 11 is 1.54. The van der Waals surface area contributed by atoms with Gasteiger partial charge in [-0.1, -0.05) is 54.6 Å². The van der Waals surface area contributed by atoms with E-state index in [2.05, 4.69) is 48.3 Å². The van der Waals surface area contributed by atoms with Crippen LogP contribution < -0.4 is 41.3 Å². The van der Waals surface area contributed by atoms with E-state index in [0.717, 1.165) is 66.5 Å². The Kier molecular flexibility index (Phi) is 33.9. The van der Waals surface area contributed by atoms with Gasteiger partial charge in [-0.2, -0.15) is 5.10 Å². The molecule has 1 aromatic heterocycles. The molecule has 1 aliphatic carbocycles. The molecule has 0 bridgehead atoms. The molecule has 2 fully saturated rings. The molecule has 5 amide bonds. The number of rotatable bonds is 43. The van der Waals surface area contributed by atoms with Crippen molar-refractivity contribution >= 4 is 64.1 Å². The van der Waals surface area contributed by atoms with Crippen LogP contribution in [0.5, 0.6) is 17.2 Å². The van der Waals surface area contributed by atoms with E-state index >= 15 is 0 Å². The van der Waals surface area contributed by atoms with Crippen molar-refractivity contribution in [3.8, 4) is 17.2 Å². The number of hydrogen-bond acceptors (Lipinski definition) is 20. The van der Waals surface area contributed by atoms with Gasteiger partial charge >= 0.3 is 0 Å². The number of carbonyl (C=O) groups is 5.